The monoisotopic (exact) mass is 500 g/mol. The van der Waals surface area contributed by atoms with Crippen LogP contribution in [0.5, 0.6) is 0 Å². The summed E-state index contributed by atoms with van der Waals surface area (Å²) in [7, 11) is 0. The second kappa shape index (κ2) is 10.5. The Morgan fingerprint density at radius 1 is 1.14 bits per heavy atom. The van der Waals surface area contributed by atoms with Gasteiger partial charge in [-0.15, -0.1) is 5.10 Å². The van der Waals surface area contributed by atoms with Gasteiger partial charge in [-0.25, -0.2) is 19.0 Å². The smallest absolute Gasteiger partial charge is 0.343 e. The molecule has 0 saturated heterocycles. The summed E-state index contributed by atoms with van der Waals surface area (Å²) in [6.07, 6.45) is 10.2. The molecule has 3 heterocycles. The number of amides is 1. The minimum absolute atomic E-state index is 0.00601. The van der Waals surface area contributed by atoms with Crippen molar-refractivity contribution in [1.29, 1.82) is 0 Å². The summed E-state index contributed by atoms with van der Waals surface area (Å²) in [5, 5.41) is 9.31. The maximum atomic E-state index is 13.4. The van der Waals surface area contributed by atoms with Gasteiger partial charge in [0.15, 0.2) is 11.5 Å². The number of ether oxygens (including phenoxy) is 1. The van der Waals surface area contributed by atoms with Crippen LogP contribution in [0.25, 0.3) is 22.6 Å². The second-order valence-corrected chi connectivity index (χ2v) is 9.74. The second-order valence-electron chi connectivity index (χ2n) is 9.74. The molecule has 0 spiro atoms. The molecule has 1 aliphatic carbocycles. The zero-order valence-electron chi connectivity index (χ0n) is 21.5. The molecule has 0 radical (unpaired) electrons. The van der Waals surface area contributed by atoms with E-state index in [1.165, 1.54) is 12.8 Å². The van der Waals surface area contributed by atoms with Gasteiger partial charge in [-0.2, -0.15) is 5.10 Å². The highest BCUT2D eigenvalue weighted by Gasteiger charge is 2.31. The number of fused-ring (bicyclic) bond motifs is 1. The van der Waals surface area contributed by atoms with E-state index in [0.29, 0.717) is 18.2 Å². The Labute approximate surface area is 216 Å². The fourth-order valence-electron chi connectivity index (χ4n) is 4.99. The predicted octanol–water partition coefficient (Wildman–Crippen LogP) is 5.08. The van der Waals surface area contributed by atoms with E-state index < -0.39 is 5.97 Å². The van der Waals surface area contributed by atoms with Crippen LogP contribution < -0.4 is 4.90 Å². The van der Waals surface area contributed by atoms with Gasteiger partial charge in [0.1, 0.15) is 5.56 Å². The summed E-state index contributed by atoms with van der Waals surface area (Å²) in [4.78, 5) is 32.3. The average molecular weight is 501 g/mol. The van der Waals surface area contributed by atoms with Crippen LogP contribution >= 0.6 is 0 Å². The van der Waals surface area contributed by atoms with Crippen LogP contribution in [0.1, 0.15) is 63.2 Å². The first-order chi connectivity index (χ1) is 17.9. The molecular weight excluding hydrogens is 468 g/mol. The van der Waals surface area contributed by atoms with Gasteiger partial charge in [0.25, 0.3) is 0 Å². The van der Waals surface area contributed by atoms with Crippen LogP contribution in [0.4, 0.5) is 5.82 Å². The number of hydrogen-bond donors (Lipinski definition) is 0. The number of esters is 1. The number of carbonyl (C=O) groups excluding carboxylic acids is 2. The maximum absolute atomic E-state index is 13.4. The summed E-state index contributed by atoms with van der Waals surface area (Å²) in [5.41, 5.74) is 3.55. The summed E-state index contributed by atoms with van der Waals surface area (Å²) in [6, 6.07) is 11.3. The van der Waals surface area contributed by atoms with Crippen molar-refractivity contribution in [2.45, 2.75) is 58.9 Å². The maximum Gasteiger partial charge on any atom is 0.343 e. The third-order valence-corrected chi connectivity index (χ3v) is 6.81. The topological polar surface area (TPSA) is 94.6 Å². The quantitative estimate of drug-likeness (QED) is 0.313. The fourth-order valence-corrected chi connectivity index (χ4v) is 4.99. The van der Waals surface area contributed by atoms with E-state index in [1.807, 2.05) is 56.4 Å². The summed E-state index contributed by atoms with van der Waals surface area (Å²) in [5.74, 6) is 0.238. The Bertz CT molecular complexity index is 1370. The predicted molar refractivity (Wildman–Crippen MR) is 141 cm³/mol. The van der Waals surface area contributed by atoms with Gasteiger partial charge in [-0.3, -0.25) is 9.69 Å². The lowest BCUT2D eigenvalue weighted by Gasteiger charge is -2.26. The molecule has 37 heavy (non-hydrogen) atoms. The molecule has 1 fully saturated rings. The van der Waals surface area contributed by atoms with Crippen molar-refractivity contribution < 1.29 is 14.3 Å². The van der Waals surface area contributed by atoms with Crippen LogP contribution in [0.2, 0.25) is 0 Å². The zero-order chi connectivity index (χ0) is 25.9. The lowest BCUT2D eigenvalue weighted by Crippen LogP contribution is -2.39. The van der Waals surface area contributed by atoms with Crippen LogP contribution in [0.3, 0.4) is 0 Å². The number of anilines is 1. The summed E-state index contributed by atoms with van der Waals surface area (Å²) >= 11 is 0. The van der Waals surface area contributed by atoms with Crippen LogP contribution in [-0.4, -0.2) is 48.9 Å². The molecular formula is C28H32N6O3. The van der Waals surface area contributed by atoms with Crippen molar-refractivity contribution in [3.8, 4) is 16.9 Å². The van der Waals surface area contributed by atoms with Gasteiger partial charge in [-0.1, -0.05) is 25.0 Å². The first-order valence-corrected chi connectivity index (χ1v) is 12.9. The van der Waals surface area contributed by atoms with Crippen molar-refractivity contribution in [3.05, 3.63) is 60.6 Å². The minimum Gasteiger partial charge on any atom is -0.462 e. The normalized spacial score (nSPS) is 13.9. The number of carbonyl (C=O) groups is 2. The van der Waals surface area contributed by atoms with Gasteiger partial charge >= 0.3 is 5.97 Å². The van der Waals surface area contributed by atoms with E-state index in [2.05, 4.69) is 10.1 Å². The van der Waals surface area contributed by atoms with Crippen molar-refractivity contribution in [3.63, 3.8) is 0 Å². The molecule has 3 aromatic heterocycles. The van der Waals surface area contributed by atoms with Gasteiger partial charge in [-0.05, 0) is 57.7 Å². The number of rotatable bonds is 8. The molecule has 9 nitrogen and oxygen atoms in total. The number of nitrogens with zero attached hydrogens (tertiary/aromatic N) is 6. The highest BCUT2D eigenvalue weighted by molar-refractivity contribution is 6.01. The lowest BCUT2D eigenvalue weighted by atomic mass is 10.0. The first kappa shape index (κ1) is 24.7. The largest absolute Gasteiger partial charge is 0.462 e. The van der Waals surface area contributed by atoms with Gasteiger partial charge in [0, 0.05) is 42.7 Å². The summed E-state index contributed by atoms with van der Waals surface area (Å²) < 4.78 is 8.69. The van der Waals surface area contributed by atoms with Crippen molar-refractivity contribution >= 4 is 23.3 Å². The molecule has 1 aliphatic rings. The molecule has 1 saturated carbocycles. The van der Waals surface area contributed by atoms with E-state index in [-0.39, 0.29) is 24.1 Å². The standard InChI is InChI=1S/C28H32N6O3/c1-4-37-28(36)23-18-33(31-27(23)34(19(2)3)26(35)16-20-8-5-6-9-20)22-12-10-21(11-13-22)24-17-25-29-14-7-15-32(25)30-24/h7,10-15,17-20H,4-6,8-9,16H2,1-3H3. The molecule has 0 aliphatic heterocycles. The Balaban J connectivity index is 1.47. The molecule has 0 atom stereocenters. The Kier molecular flexibility index (Phi) is 7.03. The molecule has 0 bridgehead atoms. The SMILES string of the molecule is CCOC(=O)c1cn(-c2ccc(-c3cc4ncccn4n3)cc2)nc1N(C(=O)CC1CCCC1)C(C)C. The van der Waals surface area contributed by atoms with Gasteiger partial charge < -0.3 is 4.74 Å². The van der Waals surface area contributed by atoms with E-state index >= 15 is 0 Å². The summed E-state index contributed by atoms with van der Waals surface area (Å²) in [6.45, 7) is 5.89. The van der Waals surface area contributed by atoms with Crippen LogP contribution in [-0.2, 0) is 9.53 Å². The highest BCUT2D eigenvalue weighted by atomic mass is 16.5. The molecule has 0 unspecified atom stereocenters. The number of hydrogen-bond acceptors (Lipinski definition) is 6. The zero-order valence-corrected chi connectivity index (χ0v) is 21.5. The third-order valence-electron chi connectivity index (χ3n) is 6.81. The lowest BCUT2D eigenvalue weighted by molar-refractivity contribution is -0.119. The Morgan fingerprint density at radius 3 is 2.57 bits per heavy atom. The molecule has 1 aromatic carbocycles. The molecule has 4 aromatic rings. The fraction of sp³-hybridized carbons (Fsp3) is 0.393. The van der Waals surface area contributed by atoms with Crippen LogP contribution in [0.15, 0.2) is 55.0 Å². The molecule has 0 N–H and O–H groups in total. The number of aromatic nitrogens is 5. The Hall–Kier alpha value is -4.01. The van der Waals surface area contributed by atoms with Crippen molar-refractivity contribution in [2.75, 3.05) is 11.5 Å². The Morgan fingerprint density at radius 2 is 1.89 bits per heavy atom. The molecule has 5 rings (SSSR count). The first-order valence-electron chi connectivity index (χ1n) is 12.9. The van der Waals surface area contributed by atoms with Crippen LogP contribution in [0, 0.1) is 5.92 Å². The molecule has 192 valence electrons. The molecule has 9 heteroatoms. The third kappa shape index (κ3) is 5.12. The van der Waals surface area contributed by atoms with E-state index in [9.17, 15) is 9.59 Å². The average Bonchev–Trinajstić information content (AvgIpc) is 3.64. The molecule has 1 amide bonds. The van der Waals surface area contributed by atoms with E-state index in [0.717, 1.165) is 35.4 Å². The number of benzene rings is 1. The van der Waals surface area contributed by atoms with Gasteiger partial charge in [0.05, 0.1) is 18.0 Å². The van der Waals surface area contributed by atoms with Gasteiger partial charge in [0.2, 0.25) is 5.91 Å². The van der Waals surface area contributed by atoms with Crippen molar-refractivity contribution in [1.82, 2.24) is 24.4 Å². The highest BCUT2D eigenvalue weighted by Crippen LogP contribution is 2.31. The van der Waals surface area contributed by atoms with Crippen molar-refractivity contribution in [2.24, 2.45) is 5.92 Å². The van der Waals surface area contributed by atoms with E-state index in [1.54, 1.807) is 33.4 Å². The van der Waals surface area contributed by atoms with E-state index in [4.69, 9.17) is 9.84 Å². The minimum atomic E-state index is -0.489.